The summed E-state index contributed by atoms with van der Waals surface area (Å²) < 4.78 is 29.2. The molecule has 1 atom stereocenters. The van der Waals surface area contributed by atoms with Crippen molar-refractivity contribution in [1.29, 1.82) is 0 Å². The van der Waals surface area contributed by atoms with Crippen molar-refractivity contribution in [2.75, 3.05) is 11.4 Å². The monoisotopic (exact) mass is 516 g/mol. The van der Waals surface area contributed by atoms with Gasteiger partial charge in [0.15, 0.2) is 0 Å². The number of benzene rings is 2. The molecule has 1 unspecified atom stereocenters. The second-order valence-corrected chi connectivity index (χ2v) is 10.9. The van der Waals surface area contributed by atoms with Crippen LogP contribution in [0.1, 0.15) is 38.5 Å². The van der Waals surface area contributed by atoms with Gasteiger partial charge in [-0.15, -0.1) is 0 Å². The smallest absolute Gasteiger partial charge is 0.252 e. The fourth-order valence-electron chi connectivity index (χ4n) is 4.26. The number of anilines is 1. The lowest BCUT2D eigenvalue weighted by atomic mass is 9.97. The standard InChI is InChI=1S/C24H25BrN2O4S/c25-19-11-13-20(14-12-19)27-23(28)17-22(24(27)29)26(16-15-18-7-3-1-4-8-18)32(30,31)21-9-5-2-6-10-21/h2,5-7,9-14,22H,1,3-4,8,15-17H2. The number of hydrogen-bond donors (Lipinski definition) is 0. The third kappa shape index (κ3) is 4.72. The summed E-state index contributed by atoms with van der Waals surface area (Å²) in [5.74, 6) is -0.901. The molecule has 2 aromatic carbocycles. The van der Waals surface area contributed by atoms with Crippen molar-refractivity contribution in [1.82, 2.24) is 4.31 Å². The average Bonchev–Trinajstić information content (AvgIpc) is 3.09. The van der Waals surface area contributed by atoms with Gasteiger partial charge in [0.1, 0.15) is 6.04 Å². The molecule has 2 aliphatic rings. The number of sulfonamides is 1. The maximum atomic E-state index is 13.6. The molecule has 4 rings (SSSR count). The topological polar surface area (TPSA) is 74.8 Å². The molecule has 2 aromatic rings. The number of nitrogens with zero attached hydrogens (tertiary/aromatic N) is 2. The predicted molar refractivity (Wildman–Crippen MR) is 127 cm³/mol. The summed E-state index contributed by atoms with van der Waals surface area (Å²) in [7, 11) is -3.96. The van der Waals surface area contributed by atoms with Crippen LogP contribution in [0, 0.1) is 0 Å². The van der Waals surface area contributed by atoms with Crippen LogP contribution >= 0.6 is 15.9 Å². The zero-order valence-corrected chi connectivity index (χ0v) is 20.0. The molecule has 1 saturated heterocycles. The first kappa shape index (κ1) is 22.9. The first-order chi connectivity index (χ1) is 15.4. The molecule has 8 heteroatoms. The van der Waals surface area contributed by atoms with Crippen LogP contribution in [0.4, 0.5) is 5.69 Å². The summed E-state index contributed by atoms with van der Waals surface area (Å²) in [6, 6.07) is 13.9. The fraction of sp³-hybridized carbons (Fsp3) is 0.333. The highest BCUT2D eigenvalue weighted by Crippen LogP contribution is 2.31. The van der Waals surface area contributed by atoms with Gasteiger partial charge >= 0.3 is 0 Å². The van der Waals surface area contributed by atoms with E-state index in [0.29, 0.717) is 12.1 Å². The van der Waals surface area contributed by atoms with Crippen LogP contribution in [0.2, 0.25) is 0 Å². The molecule has 1 aliphatic carbocycles. The van der Waals surface area contributed by atoms with Crippen LogP contribution in [-0.2, 0) is 19.6 Å². The Morgan fingerprint density at radius 1 is 1.00 bits per heavy atom. The lowest BCUT2D eigenvalue weighted by Gasteiger charge is -2.27. The Morgan fingerprint density at radius 3 is 2.38 bits per heavy atom. The highest BCUT2D eigenvalue weighted by atomic mass is 79.9. The molecule has 0 bridgehead atoms. The summed E-state index contributed by atoms with van der Waals surface area (Å²) in [6.07, 6.45) is 6.75. The number of hydrogen-bond acceptors (Lipinski definition) is 4. The fourth-order valence-corrected chi connectivity index (χ4v) is 6.13. The number of imide groups is 1. The van der Waals surface area contributed by atoms with Crippen LogP contribution in [0.25, 0.3) is 0 Å². The van der Waals surface area contributed by atoms with Crippen LogP contribution < -0.4 is 4.90 Å². The van der Waals surface area contributed by atoms with Crippen LogP contribution in [0.3, 0.4) is 0 Å². The Bertz CT molecular complexity index is 1130. The molecule has 0 aromatic heterocycles. The molecule has 2 amide bonds. The number of rotatable bonds is 7. The van der Waals surface area contributed by atoms with Crippen LogP contribution in [-0.4, -0.2) is 37.1 Å². The van der Waals surface area contributed by atoms with Crippen molar-refractivity contribution in [3.63, 3.8) is 0 Å². The lowest BCUT2D eigenvalue weighted by molar-refractivity contribution is -0.122. The van der Waals surface area contributed by atoms with Gasteiger partial charge in [-0.2, -0.15) is 4.31 Å². The van der Waals surface area contributed by atoms with Gasteiger partial charge in [0, 0.05) is 11.0 Å². The molecule has 1 heterocycles. The lowest BCUT2D eigenvalue weighted by Crippen LogP contribution is -2.46. The summed E-state index contributed by atoms with van der Waals surface area (Å²) in [5.41, 5.74) is 1.66. The van der Waals surface area contributed by atoms with Crippen molar-refractivity contribution < 1.29 is 18.0 Å². The first-order valence-electron chi connectivity index (χ1n) is 10.7. The Hall–Kier alpha value is -2.29. The van der Waals surface area contributed by atoms with Gasteiger partial charge in [-0.05, 0) is 68.5 Å². The Morgan fingerprint density at radius 2 is 1.72 bits per heavy atom. The Labute approximate surface area is 197 Å². The SMILES string of the molecule is O=C1CC(N(CCC2=CCCCC2)S(=O)(=O)c2ccccc2)C(=O)N1c1ccc(Br)cc1. The van der Waals surface area contributed by atoms with Gasteiger partial charge in [0.25, 0.3) is 5.91 Å². The van der Waals surface area contributed by atoms with E-state index in [1.54, 1.807) is 42.5 Å². The number of allylic oxidation sites excluding steroid dienone is 1. The molecule has 6 nitrogen and oxygen atoms in total. The van der Waals surface area contributed by atoms with Crippen molar-refractivity contribution in [3.05, 3.63) is 70.7 Å². The molecule has 32 heavy (non-hydrogen) atoms. The third-order valence-corrected chi connectivity index (χ3v) is 8.39. The number of carbonyl (C=O) groups excluding carboxylic acids is 2. The van der Waals surface area contributed by atoms with Gasteiger partial charge in [-0.25, -0.2) is 13.3 Å². The minimum absolute atomic E-state index is 0.125. The van der Waals surface area contributed by atoms with Crippen molar-refractivity contribution in [2.24, 2.45) is 0 Å². The van der Waals surface area contributed by atoms with E-state index < -0.39 is 27.9 Å². The van der Waals surface area contributed by atoms with E-state index in [1.165, 1.54) is 22.0 Å². The molecule has 168 valence electrons. The van der Waals surface area contributed by atoms with Gasteiger partial charge in [0.2, 0.25) is 15.9 Å². The zero-order valence-electron chi connectivity index (χ0n) is 17.6. The minimum Gasteiger partial charge on any atom is -0.274 e. The molecule has 1 fully saturated rings. The van der Waals surface area contributed by atoms with Crippen molar-refractivity contribution >= 4 is 43.5 Å². The highest BCUT2D eigenvalue weighted by molar-refractivity contribution is 9.10. The maximum absolute atomic E-state index is 13.6. The molecule has 0 saturated carbocycles. The molecular formula is C24H25BrN2O4S. The molecular weight excluding hydrogens is 492 g/mol. The van der Waals surface area contributed by atoms with Gasteiger partial charge < -0.3 is 0 Å². The highest BCUT2D eigenvalue weighted by Gasteiger charge is 2.46. The van der Waals surface area contributed by atoms with E-state index in [0.717, 1.165) is 35.1 Å². The predicted octanol–water partition coefficient (Wildman–Crippen LogP) is 4.66. The van der Waals surface area contributed by atoms with E-state index >= 15 is 0 Å². The number of carbonyl (C=O) groups is 2. The minimum atomic E-state index is -3.96. The van der Waals surface area contributed by atoms with Gasteiger partial charge in [-0.1, -0.05) is 45.8 Å². The largest absolute Gasteiger partial charge is 0.274 e. The van der Waals surface area contributed by atoms with Crippen molar-refractivity contribution in [3.8, 4) is 0 Å². The molecule has 0 N–H and O–H groups in total. The van der Waals surface area contributed by atoms with Gasteiger partial charge in [0.05, 0.1) is 17.0 Å². The van der Waals surface area contributed by atoms with E-state index in [2.05, 4.69) is 22.0 Å². The Balaban J connectivity index is 1.66. The third-order valence-electron chi connectivity index (χ3n) is 5.94. The first-order valence-corrected chi connectivity index (χ1v) is 13.0. The molecule has 0 spiro atoms. The Kier molecular flexibility index (Phi) is 6.93. The summed E-state index contributed by atoms with van der Waals surface area (Å²) in [5, 5.41) is 0. The maximum Gasteiger partial charge on any atom is 0.252 e. The molecule has 1 aliphatic heterocycles. The summed E-state index contributed by atoms with van der Waals surface area (Å²) >= 11 is 3.35. The molecule has 0 radical (unpaired) electrons. The zero-order chi connectivity index (χ0) is 22.7. The second kappa shape index (κ2) is 9.68. The average molecular weight is 517 g/mol. The number of halogens is 1. The number of amides is 2. The van der Waals surface area contributed by atoms with Crippen LogP contribution in [0.5, 0.6) is 0 Å². The summed E-state index contributed by atoms with van der Waals surface area (Å²) in [6.45, 7) is 0.168. The van der Waals surface area contributed by atoms with E-state index in [4.69, 9.17) is 0 Å². The van der Waals surface area contributed by atoms with Crippen LogP contribution in [0.15, 0.2) is 75.6 Å². The van der Waals surface area contributed by atoms with Crippen molar-refractivity contribution in [2.45, 2.75) is 49.5 Å². The van der Waals surface area contributed by atoms with E-state index in [1.807, 2.05) is 0 Å². The quantitative estimate of drug-likeness (QED) is 0.396. The van der Waals surface area contributed by atoms with Gasteiger partial charge in [-0.3, -0.25) is 9.59 Å². The van der Waals surface area contributed by atoms with E-state index in [9.17, 15) is 18.0 Å². The second-order valence-electron chi connectivity index (χ2n) is 8.05. The normalized spacial score (nSPS) is 19.5. The summed E-state index contributed by atoms with van der Waals surface area (Å²) in [4.78, 5) is 27.4. The van der Waals surface area contributed by atoms with E-state index in [-0.39, 0.29) is 17.9 Å².